The fourth-order valence-electron chi connectivity index (χ4n) is 6.23. The molecule has 0 fully saturated rings. The van der Waals surface area contributed by atoms with Gasteiger partial charge in [0.15, 0.2) is 0 Å². The van der Waals surface area contributed by atoms with E-state index in [1.807, 2.05) is 60.7 Å². The van der Waals surface area contributed by atoms with Gasteiger partial charge in [0.1, 0.15) is 24.2 Å². The van der Waals surface area contributed by atoms with Gasteiger partial charge >= 0.3 is 11.9 Å². The van der Waals surface area contributed by atoms with E-state index in [0.717, 1.165) is 11.1 Å². The van der Waals surface area contributed by atoms with Crippen LogP contribution in [0.4, 0.5) is 0 Å². The Morgan fingerprint density at radius 1 is 0.464 bits per heavy atom. The maximum atomic E-state index is 14.0. The highest BCUT2D eigenvalue weighted by Gasteiger charge is 2.32. The minimum absolute atomic E-state index is 0.193. The molecule has 12 nitrogen and oxygen atoms in total. The molecule has 4 aromatic carbocycles. The Kier molecular flexibility index (Phi) is 15.5. The summed E-state index contributed by atoms with van der Waals surface area (Å²) in [6.07, 6.45) is 0.386. The largest absolute Gasteiger partial charge is 0.467 e. The van der Waals surface area contributed by atoms with Crippen molar-refractivity contribution in [1.29, 1.82) is 0 Å². The van der Waals surface area contributed by atoms with E-state index in [0.29, 0.717) is 11.1 Å². The van der Waals surface area contributed by atoms with Crippen molar-refractivity contribution in [3.05, 3.63) is 131 Å². The number of ether oxygens (including phenoxy) is 2. The standard InChI is InChI=1S/C44H50N4O8/c1-27(2)37(41(51)45-35(43(53)55-5)25-29-17-9-7-10-18-29)47-39(49)33-23-15-13-21-31(33)32-22-14-16-24-34(32)40(50)48-38(28(3)4)42(52)46-36(44(54)56-6)26-30-19-11-8-12-20-30/h7-24,27-28,35-38H,25-26H2,1-6H3,(H,45,51)(H,46,52)(H,47,49)(H,48,50)/t35-,36-,37-,38-/m0/s1. The summed E-state index contributed by atoms with van der Waals surface area (Å²) in [6, 6.07) is 27.7. The molecule has 4 aromatic rings. The van der Waals surface area contributed by atoms with Gasteiger partial charge in [0.25, 0.3) is 11.8 Å². The zero-order chi connectivity index (χ0) is 40.8. The summed E-state index contributed by atoms with van der Waals surface area (Å²) in [5, 5.41) is 11.2. The van der Waals surface area contributed by atoms with Crippen LogP contribution in [0.15, 0.2) is 109 Å². The highest BCUT2D eigenvalue weighted by atomic mass is 16.5. The molecule has 0 unspecified atom stereocenters. The van der Waals surface area contributed by atoms with Gasteiger partial charge in [-0.3, -0.25) is 19.2 Å². The van der Waals surface area contributed by atoms with Gasteiger partial charge in [-0.15, -0.1) is 0 Å². The highest BCUT2D eigenvalue weighted by molar-refractivity contribution is 6.08. The Balaban J connectivity index is 1.56. The summed E-state index contributed by atoms with van der Waals surface area (Å²) >= 11 is 0. The topological polar surface area (TPSA) is 169 Å². The molecule has 4 amide bonds. The van der Waals surface area contributed by atoms with E-state index >= 15 is 0 Å². The minimum Gasteiger partial charge on any atom is -0.467 e. The van der Waals surface area contributed by atoms with Crippen molar-refractivity contribution in [2.45, 2.75) is 64.7 Å². The van der Waals surface area contributed by atoms with E-state index in [-0.39, 0.29) is 35.8 Å². The van der Waals surface area contributed by atoms with Crippen LogP contribution in [0.5, 0.6) is 0 Å². The van der Waals surface area contributed by atoms with E-state index in [1.54, 1.807) is 76.2 Å². The molecule has 0 aliphatic heterocycles. The lowest BCUT2D eigenvalue weighted by molar-refractivity contribution is -0.145. The number of benzene rings is 4. The van der Waals surface area contributed by atoms with Crippen molar-refractivity contribution < 1.29 is 38.2 Å². The Morgan fingerprint density at radius 2 is 0.786 bits per heavy atom. The lowest BCUT2D eigenvalue weighted by Gasteiger charge is -2.26. The van der Waals surface area contributed by atoms with Crippen molar-refractivity contribution in [3.8, 4) is 11.1 Å². The molecule has 0 spiro atoms. The molecule has 56 heavy (non-hydrogen) atoms. The molecule has 0 aliphatic rings. The summed E-state index contributed by atoms with van der Waals surface area (Å²) in [5.41, 5.74) is 2.85. The molecule has 0 saturated heterocycles. The predicted molar refractivity (Wildman–Crippen MR) is 212 cm³/mol. The summed E-state index contributed by atoms with van der Waals surface area (Å²) in [7, 11) is 2.49. The van der Waals surface area contributed by atoms with Crippen LogP contribution in [0.25, 0.3) is 11.1 Å². The summed E-state index contributed by atoms with van der Waals surface area (Å²) in [4.78, 5) is 80.7. The van der Waals surface area contributed by atoms with E-state index in [4.69, 9.17) is 9.47 Å². The van der Waals surface area contributed by atoms with Gasteiger partial charge in [0, 0.05) is 24.0 Å². The number of rotatable bonds is 17. The third-order valence-corrected chi connectivity index (χ3v) is 9.27. The fourth-order valence-corrected chi connectivity index (χ4v) is 6.23. The van der Waals surface area contributed by atoms with Gasteiger partial charge in [-0.1, -0.05) is 125 Å². The third-order valence-electron chi connectivity index (χ3n) is 9.27. The van der Waals surface area contributed by atoms with Gasteiger partial charge in [-0.25, -0.2) is 9.59 Å². The molecular weight excluding hydrogens is 713 g/mol. The van der Waals surface area contributed by atoms with Gasteiger partial charge in [-0.2, -0.15) is 0 Å². The summed E-state index contributed by atoms with van der Waals surface area (Å²) in [6.45, 7) is 7.10. The molecule has 4 rings (SSSR count). The second-order valence-corrected chi connectivity index (χ2v) is 14.0. The number of methoxy groups -OCH3 is 2. The Hall–Kier alpha value is -6.30. The number of nitrogens with one attached hydrogen (secondary N) is 4. The molecule has 0 aliphatic carbocycles. The van der Waals surface area contributed by atoms with Crippen LogP contribution < -0.4 is 21.3 Å². The quantitative estimate of drug-likeness (QED) is 0.113. The van der Waals surface area contributed by atoms with Crippen molar-refractivity contribution in [2.24, 2.45) is 11.8 Å². The Bertz CT molecular complexity index is 1840. The Morgan fingerprint density at radius 3 is 1.11 bits per heavy atom. The molecule has 0 heterocycles. The van der Waals surface area contributed by atoms with Crippen LogP contribution in [0.3, 0.4) is 0 Å². The first-order chi connectivity index (χ1) is 26.8. The molecule has 12 heteroatoms. The zero-order valence-corrected chi connectivity index (χ0v) is 32.5. The van der Waals surface area contributed by atoms with Crippen molar-refractivity contribution in [3.63, 3.8) is 0 Å². The number of hydrogen-bond donors (Lipinski definition) is 4. The maximum Gasteiger partial charge on any atom is 0.328 e. The first-order valence-corrected chi connectivity index (χ1v) is 18.5. The van der Waals surface area contributed by atoms with Gasteiger partial charge in [-0.05, 0) is 46.2 Å². The van der Waals surface area contributed by atoms with Crippen LogP contribution in [0, 0.1) is 11.8 Å². The smallest absolute Gasteiger partial charge is 0.328 e. The Labute approximate surface area is 327 Å². The number of carbonyl (C=O) groups is 6. The van der Waals surface area contributed by atoms with E-state index in [2.05, 4.69) is 21.3 Å². The monoisotopic (exact) mass is 762 g/mol. The molecule has 4 atom stereocenters. The molecular formula is C44H50N4O8. The molecule has 4 N–H and O–H groups in total. The van der Waals surface area contributed by atoms with Gasteiger partial charge in [0.2, 0.25) is 11.8 Å². The predicted octanol–water partition coefficient (Wildman–Crippen LogP) is 4.66. The lowest BCUT2D eigenvalue weighted by atomic mass is 9.93. The summed E-state index contributed by atoms with van der Waals surface area (Å²) in [5.74, 6) is -4.26. The number of amides is 4. The second kappa shape index (κ2) is 20.4. The molecule has 0 saturated carbocycles. The van der Waals surface area contributed by atoms with Crippen LogP contribution in [-0.2, 0) is 41.5 Å². The van der Waals surface area contributed by atoms with E-state index in [1.165, 1.54) is 14.2 Å². The molecule has 294 valence electrons. The van der Waals surface area contributed by atoms with E-state index in [9.17, 15) is 28.8 Å². The average molecular weight is 763 g/mol. The van der Waals surface area contributed by atoms with E-state index < -0.39 is 59.7 Å². The average Bonchev–Trinajstić information content (AvgIpc) is 3.20. The fraction of sp³-hybridized carbons (Fsp3) is 0.318. The van der Waals surface area contributed by atoms with Crippen LogP contribution in [-0.4, -0.2) is 74.0 Å². The number of hydrogen-bond acceptors (Lipinski definition) is 8. The normalized spacial score (nSPS) is 13.1. The maximum absolute atomic E-state index is 14.0. The van der Waals surface area contributed by atoms with Crippen LogP contribution in [0.2, 0.25) is 0 Å². The SMILES string of the molecule is COC(=O)[C@H](Cc1ccccc1)NC(=O)[C@@H](NC(=O)c1ccccc1-c1ccccc1C(=O)N[C@H](C(=O)N[C@@H](Cc1ccccc1)C(=O)OC)C(C)C)C(C)C. The lowest BCUT2D eigenvalue weighted by Crippen LogP contribution is -2.54. The van der Waals surface area contributed by atoms with Crippen molar-refractivity contribution >= 4 is 35.6 Å². The summed E-state index contributed by atoms with van der Waals surface area (Å²) < 4.78 is 9.92. The number of carbonyl (C=O) groups excluding carboxylic acids is 6. The van der Waals surface area contributed by atoms with Crippen LogP contribution in [0.1, 0.15) is 59.5 Å². The second-order valence-electron chi connectivity index (χ2n) is 14.0. The zero-order valence-electron chi connectivity index (χ0n) is 32.5. The van der Waals surface area contributed by atoms with Crippen LogP contribution >= 0.6 is 0 Å². The molecule has 0 bridgehead atoms. The molecule has 0 radical (unpaired) electrons. The third kappa shape index (κ3) is 11.4. The van der Waals surface area contributed by atoms with Gasteiger partial charge < -0.3 is 30.7 Å². The first kappa shape index (κ1) is 42.4. The minimum atomic E-state index is -1.03. The molecule has 0 aromatic heterocycles. The van der Waals surface area contributed by atoms with Crippen molar-refractivity contribution in [1.82, 2.24) is 21.3 Å². The van der Waals surface area contributed by atoms with Gasteiger partial charge in [0.05, 0.1) is 14.2 Å². The van der Waals surface area contributed by atoms with Crippen molar-refractivity contribution in [2.75, 3.05) is 14.2 Å². The number of esters is 2. The highest BCUT2D eigenvalue weighted by Crippen LogP contribution is 2.28. The first-order valence-electron chi connectivity index (χ1n) is 18.5.